The number of rotatable bonds is 8. The Morgan fingerprint density at radius 3 is 1.25 bits per heavy atom. The minimum atomic E-state index is 0.874. The summed E-state index contributed by atoms with van der Waals surface area (Å²) < 4.78 is 6.68. The van der Waals surface area contributed by atoms with E-state index >= 15 is 0 Å². The van der Waals surface area contributed by atoms with E-state index in [1.165, 1.54) is 27.3 Å². The minimum Gasteiger partial charge on any atom is -0.456 e. The van der Waals surface area contributed by atoms with E-state index in [9.17, 15) is 0 Å². The van der Waals surface area contributed by atoms with Gasteiger partial charge in [0.25, 0.3) is 0 Å². The first-order chi connectivity index (χ1) is 29.3. The number of fused-ring (bicyclic) bond motifs is 7. The molecule has 0 saturated carbocycles. The van der Waals surface area contributed by atoms with Crippen LogP contribution >= 0.6 is 0 Å². The summed E-state index contributed by atoms with van der Waals surface area (Å²) in [5, 5.41) is 7.06. The van der Waals surface area contributed by atoms with Crippen molar-refractivity contribution >= 4 is 77.6 Å². The van der Waals surface area contributed by atoms with Crippen LogP contribution in [0.2, 0.25) is 0 Å². The molecular weight excluding hydrogens is 717 g/mol. The maximum absolute atomic E-state index is 6.68. The van der Waals surface area contributed by atoms with Crippen molar-refractivity contribution in [2.45, 2.75) is 0 Å². The average molecular weight is 755 g/mol. The molecule has 0 N–H and O–H groups in total. The van der Waals surface area contributed by atoms with Crippen molar-refractivity contribution in [3.05, 3.63) is 231 Å². The highest BCUT2D eigenvalue weighted by atomic mass is 16.3. The molecule has 0 aliphatic carbocycles. The number of hydrogen-bond acceptors (Lipinski definition) is 3. The van der Waals surface area contributed by atoms with Crippen LogP contribution in [0.3, 0.4) is 0 Å². The van der Waals surface area contributed by atoms with Gasteiger partial charge in [0.2, 0.25) is 0 Å². The van der Waals surface area contributed by atoms with Crippen molar-refractivity contribution in [2.24, 2.45) is 0 Å². The number of nitrogens with zero attached hydrogens (tertiary/aromatic N) is 2. The summed E-state index contributed by atoms with van der Waals surface area (Å²) in [5.41, 5.74) is 13.0. The molecule has 0 spiro atoms. The molecule has 0 bridgehead atoms. The van der Waals surface area contributed by atoms with Crippen LogP contribution < -0.4 is 9.80 Å². The van der Waals surface area contributed by atoms with Gasteiger partial charge in [0.15, 0.2) is 0 Å². The third kappa shape index (κ3) is 6.17. The molecule has 278 valence electrons. The van der Waals surface area contributed by atoms with Crippen molar-refractivity contribution in [1.29, 1.82) is 0 Å². The summed E-state index contributed by atoms with van der Waals surface area (Å²) in [6.45, 7) is 0. The lowest BCUT2D eigenvalue weighted by Crippen LogP contribution is -2.10. The van der Waals surface area contributed by atoms with Crippen LogP contribution in [0.1, 0.15) is 0 Å². The van der Waals surface area contributed by atoms with Crippen LogP contribution in [0.5, 0.6) is 0 Å². The van der Waals surface area contributed by atoms with Gasteiger partial charge in [0, 0.05) is 50.7 Å². The van der Waals surface area contributed by atoms with Crippen molar-refractivity contribution in [2.75, 3.05) is 9.80 Å². The fraction of sp³-hybridized carbons (Fsp3) is 0. The Balaban J connectivity index is 0.969. The van der Waals surface area contributed by atoms with Crippen molar-refractivity contribution in [3.63, 3.8) is 0 Å². The zero-order valence-electron chi connectivity index (χ0n) is 32.2. The largest absolute Gasteiger partial charge is 0.456 e. The molecule has 0 radical (unpaired) electrons. The lowest BCUT2D eigenvalue weighted by Gasteiger charge is -2.27. The normalized spacial score (nSPS) is 11.4. The van der Waals surface area contributed by atoms with E-state index in [0.717, 1.165) is 72.6 Å². The Morgan fingerprint density at radius 2 is 0.678 bits per heavy atom. The van der Waals surface area contributed by atoms with Crippen LogP contribution in [-0.2, 0) is 0 Å². The molecule has 0 aliphatic heterocycles. The molecule has 0 fully saturated rings. The Hall–Kier alpha value is -7.88. The highest BCUT2D eigenvalue weighted by Crippen LogP contribution is 2.46. The van der Waals surface area contributed by atoms with E-state index in [2.05, 4.69) is 240 Å². The summed E-state index contributed by atoms with van der Waals surface area (Å²) in [7, 11) is 0. The van der Waals surface area contributed by atoms with Gasteiger partial charge in [-0.25, -0.2) is 0 Å². The molecule has 1 heterocycles. The SMILES string of the molecule is c1ccc(-c2ccc(N(c3ccccc3)c3ccc(-c4ccc(N(c5ccccc5)c5cc6oc7ccc8ccccc8c7c6c6ccccc56)cc4)cc3)cc2)cc1. The molecule has 0 aliphatic rings. The molecule has 3 heteroatoms. The molecule has 10 aromatic carbocycles. The van der Waals surface area contributed by atoms with Gasteiger partial charge in [-0.1, -0.05) is 158 Å². The highest BCUT2D eigenvalue weighted by molar-refractivity contribution is 6.28. The molecule has 0 saturated heterocycles. The van der Waals surface area contributed by atoms with Crippen molar-refractivity contribution < 1.29 is 4.42 Å². The van der Waals surface area contributed by atoms with Crippen molar-refractivity contribution in [3.8, 4) is 22.3 Å². The quantitative estimate of drug-likeness (QED) is 0.154. The first kappa shape index (κ1) is 34.4. The van der Waals surface area contributed by atoms with E-state index in [4.69, 9.17) is 4.42 Å². The van der Waals surface area contributed by atoms with Gasteiger partial charge in [-0.3, -0.25) is 0 Å². The number of hydrogen-bond donors (Lipinski definition) is 0. The molecular formula is C56H38N2O. The Labute approximate surface area is 343 Å². The van der Waals surface area contributed by atoms with E-state index in [-0.39, 0.29) is 0 Å². The lowest BCUT2D eigenvalue weighted by molar-refractivity contribution is 0.669. The third-order valence-electron chi connectivity index (χ3n) is 11.4. The second kappa shape index (κ2) is 14.6. The number of anilines is 6. The van der Waals surface area contributed by atoms with Gasteiger partial charge in [-0.15, -0.1) is 0 Å². The van der Waals surface area contributed by atoms with E-state index in [1.807, 2.05) is 0 Å². The zero-order valence-corrected chi connectivity index (χ0v) is 32.2. The van der Waals surface area contributed by atoms with Crippen LogP contribution in [0, 0.1) is 0 Å². The average Bonchev–Trinajstić information content (AvgIpc) is 3.70. The fourth-order valence-corrected chi connectivity index (χ4v) is 8.64. The van der Waals surface area contributed by atoms with E-state index < -0.39 is 0 Å². The maximum atomic E-state index is 6.68. The van der Waals surface area contributed by atoms with Gasteiger partial charge in [0.05, 0.1) is 5.69 Å². The lowest BCUT2D eigenvalue weighted by atomic mass is 9.98. The van der Waals surface area contributed by atoms with Crippen LogP contribution in [-0.4, -0.2) is 0 Å². The summed E-state index contributed by atoms with van der Waals surface area (Å²) in [4.78, 5) is 4.66. The molecule has 0 amide bonds. The minimum absolute atomic E-state index is 0.874. The predicted molar refractivity (Wildman–Crippen MR) is 249 cm³/mol. The smallest absolute Gasteiger partial charge is 0.138 e. The summed E-state index contributed by atoms with van der Waals surface area (Å²) in [5.74, 6) is 0. The predicted octanol–water partition coefficient (Wildman–Crippen LogP) is 16.2. The Bertz CT molecular complexity index is 3230. The number of benzene rings is 10. The van der Waals surface area contributed by atoms with Crippen LogP contribution in [0.15, 0.2) is 235 Å². The monoisotopic (exact) mass is 754 g/mol. The Morgan fingerprint density at radius 1 is 0.271 bits per heavy atom. The maximum Gasteiger partial charge on any atom is 0.138 e. The summed E-state index contributed by atoms with van der Waals surface area (Å²) in [6.07, 6.45) is 0. The molecule has 59 heavy (non-hydrogen) atoms. The topological polar surface area (TPSA) is 19.6 Å². The van der Waals surface area contributed by atoms with Gasteiger partial charge < -0.3 is 14.2 Å². The first-order valence-corrected chi connectivity index (χ1v) is 20.1. The summed E-state index contributed by atoms with van der Waals surface area (Å²) >= 11 is 0. The second-order valence-corrected chi connectivity index (χ2v) is 14.9. The number of furan rings is 1. The highest BCUT2D eigenvalue weighted by Gasteiger charge is 2.21. The molecule has 11 aromatic rings. The standard InChI is InChI=1S/C56H38N2O/c1-4-14-39(15-5-1)40-24-31-46(32-25-40)57(44-17-6-2-7-18-44)47-33-26-41(27-34-47)42-28-35-48(36-29-42)58(45-19-8-3-9-20-45)52-38-54-56(51-23-13-12-22-50(51)52)55-49-21-11-10-16-43(49)30-37-53(55)59-54/h1-38H. The van der Waals surface area contributed by atoms with E-state index in [1.54, 1.807) is 0 Å². The van der Waals surface area contributed by atoms with Gasteiger partial charge in [-0.05, 0) is 105 Å². The zero-order chi connectivity index (χ0) is 39.1. The molecule has 1 aromatic heterocycles. The van der Waals surface area contributed by atoms with Gasteiger partial charge in [0.1, 0.15) is 11.2 Å². The number of para-hydroxylation sites is 2. The second-order valence-electron chi connectivity index (χ2n) is 14.9. The molecule has 11 rings (SSSR count). The van der Waals surface area contributed by atoms with Gasteiger partial charge >= 0.3 is 0 Å². The fourth-order valence-electron chi connectivity index (χ4n) is 8.64. The van der Waals surface area contributed by atoms with Crippen molar-refractivity contribution in [1.82, 2.24) is 0 Å². The van der Waals surface area contributed by atoms with Crippen LogP contribution in [0.25, 0.3) is 65.7 Å². The molecule has 3 nitrogen and oxygen atoms in total. The molecule has 0 atom stereocenters. The third-order valence-corrected chi connectivity index (χ3v) is 11.4. The first-order valence-electron chi connectivity index (χ1n) is 20.1. The van der Waals surface area contributed by atoms with Gasteiger partial charge in [-0.2, -0.15) is 0 Å². The molecule has 0 unspecified atom stereocenters. The summed E-state index contributed by atoms with van der Waals surface area (Å²) in [6, 6.07) is 82.1. The Kier molecular flexibility index (Phi) is 8.49. The van der Waals surface area contributed by atoms with Crippen LogP contribution in [0.4, 0.5) is 34.1 Å². The van der Waals surface area contributed by atoms with E-state index in [0.29, 0.717) is 0 Å².